The van der Waals surface area contributed by atoms with Crippen molar-refractivity contribution in [2.24, 2.45) is 0 Å². The molecule has 0 nitrogen and oxygen atoms in total. The molecule has 0 fully saturated rings. The van der Waals surface area contributed by atoms with Crippen molar-refractivity contribution in [3.63, 3.8) is 0 Å². The van der Waals surface area contributed by atoms with Gasteiger partial charge in [-0.1, -0.05) is 53.4 Å². The van der Waals surface area contributed by atoms with E-state index in [0.29, 0.717) is 0 Å². The summed E-state index contributed by atoms with van der Waals surface area (Å²) in [5, 5.41) is 0. The fourth-order valence-corrected chi connectivity index (χ4v) is 2.14. The van der Waals surface area contributed by atoms with Crippen LogP contribution in [0.25, 0.3) is 0 Å². The third kappa shape index (κ3) is 11.4. The Morgan fingerprint density at radius 1 is 0.762 bits per heavy atom. The molecule has 21 heavy (non-hydrogen) atoms. The fraction of sp³-hybridized carbons (Fsp3) is 0.444. The van der Waals surface area contributed by atoms with Crippen molar-refractivity contribution in [2.75, 3.05) is 0 Å². The Labute approximate surface area is 162 Å². The van der Waals surface area contributed by atoms with E-state index in [4.69, 9.17) is 0 Å². The quantitative estimate of drug-likeness (QED) is 0.594. The molecule has 0 aliphatic rings. The molecule has 2 aromatic rings. The Morgan fingerprint density at radius 2 is 1.10 bits per heavy atom. The Balaban J connectivity index is -0.000000270. The minimum Gasteiger partial charge on any atom is -1.00 e. The largest absolute Gasteiger partial charge is 4.00 e. The van der Waals surface area contributed by atoms with E-state index >= 15 is 0 Å². The molecule has 0 saturated carbocycles. The molecule has 116 valence electrons. The van der Waals surface area contributed by atoms with Crippen molar-refractivity contribution in [1.29, 1.82) is 0 Å². The molecule has 0 unspecified atom stereocenters. The second-order valence-corrected chi connectivity index (χ2v) is 5.09. The summed E-state index contributed by atoms with van der Waals surface area (Å²) >= 11 is 0. The molecule has 0 radical (unpaired) electrons. The van der Waals surface area contributed by atoms with Crippen LogP contribution < -0.4 is 24.8 Å². The maximum Gasteiger partial charge on any atom is 4.00 e. The summed E-state index contributed by atoms with van der Waals surface area (Å²) in [6.07, 6.45) is 4.97. The second kappa shape index (κ2) is 15.1. The number of aryl methyl sites for hydroxylation is 4. The van der Waals surface area contributed by atoms with Crippen molar-refractivity contribution in [1.82, 2.24) is 0 Å². The van der Waals surface area contributed by atoms with Gasteiger partial charge in [0.15, 0.2) is 0 Å². The number of halogens is 2. The van der Waals surface area contributed by atoms with Gasteiger partial charge < -0.3 is 24.8 Å². The molecule has 0 saturated heterocycles. The first-order chi connectivity index (χ1) is 8.65. The van der Waals surface area contributed by atoms with Crippen LogP contribution in [-0.4, -0.2) is 0 Å². The molecule has 2 rings (SSSR count). The van der Waals surface area contributed by atoms with Crippen LogP contribution in [0.2, 0.25) is 0 Å². The minimum absolute atomic E-state index is 0. The zero-order valence-electron chi connectivity index (χ0n) is 13.5. The van der Waals surface area contributed by atoms with Crippen LogP contribution in [0.15, 0.2) is 36.4 Å². The van der Waals surface area contributed by atoms with Crippen LogP contribution in [0.4, 0.5) is 0 Å². The average Bonchev–Trinajstić information content (AvgIpc) is 2.90. The van der Waals surface area contributed by atoms with Gasteiger partial charge in [0.25, 0.3) is 0 Å². The van der Waals surface area contributed by atoms with Gasteiger partial charge in [-0.15, -0.1) is 0 Å². The Bertz CT molecular complexity index is 401. The average molecular weight is 405 g/mol. The zero-order chi connectivity index (χ0) is 13.4. The first kappa shape index (κ1) is 26.1. The van der Waals surface area contributed by atoms with Crippen molar-refractivity contribution in [2.45, 2.75) is 53.4 Å². The number of hydrogen-bond acceptors (Lipinski definition) is 0. The Hall–Kier alpha value is 0.163. The van der Waals surface area contributed by atoms with Gasteiger partial charge in [-0.25, -0.2) is 12.1 Å². The molecule has 2 aromatic carbocycles. The molecular weight excluding hydrogens is 378 g/mol. The van der Waals surface area contributed by atoms with Crippen molar-refractivity contribution >= 4 is 0 Å². The van der Waals surface area contributed by atoms with Crippen LogP contribution >= 0.6 is 0 Å². The maximum absolute atomic E-state index is 2.25. The smallest absolute Gasteiger partial charge is 1.00 e. The molecule has 0 atom stereocenters. The Kier molecular flexibility index (Phi) is 18.7. The van der Waals surface area contributed by atoms with Gasteiger partial charge in [-0.2, -0.15) is 46.5 Å². The predicted octanol–water partition coefficient (Wildman–Crippen LogP) is -0.662. The van der Waals surface area contributed by atoms with E-state index in [9.17, 15) is 0 Å². The van der Waals surface area contributed by atoms with Crippen LogP contribution in [0.3, 0.4) is 0 Å². The van der Waals surface area contributed by atoms with Gasteiger partial charge in [-0.3, -0.25) is 0 Å². The molecular formula is C18H26Cl2Zr. The number of rotatable bonds is 4. The van der Waals surface area contributed by atoms with E-state index < -0.39 is 0 Å². The molecule has 0 aromatic heterocycles. The zero-order valence-corrected chi connectivity index (χ0v) is 17.5. The summed E-state index contributed by atoms with van der Waals surface area (Å²) in [5.74, 6) is 0. The van der Waals surface area contributed by atoms with Crippen LogP contribution in [0, 0.1) is 13.8 Å². The van der Waals surface area contributed by atoms with E-state index in [0.717, 1.165) is 0 Å². The summed E-state index contributed by atoms with van der Waals surface area (Å²) in [5.41, 5.74) is 5.74. The Morgan fingerprint density at radius 3 is 1.29 bits per heavy atom. The summed E-state index contributed by atoms with van der Waals surface area (Å²) in [6, 6.07) is 13.3. The van der Waals surface area contributed by atoms with E-state index in [1.54, 1.807) is 0 Å². The van der Waals surface area contributed by atoms with Gasteiger partial charge >= 0.3 is 26.2 Å². The van der Waals surface area contributed by atoms with Gasteiger partial charge in [-0.05, 0) is 0 Å². The molecule has 0 heterocycles. The molecule has 0 spiro atoms. The first-order valence-electron chi connectivity index (χ1n) is 7.10. The predicted molar refractivity (Wildman–Crippen MR) is 81.5 cm³/mol. The van der Waals surface area contributed by atoms with Gasteiger partial charge in [0.1, 0.15) is 0 Å². The first-order valence-corrected chi connectivity index (χ1v) is 7.10. The second-order valence-electron chi connectivity index (χ2n) is 5.09. The van der Waals surface area contributed by atoms with Crippen LogP contribution in [-0.2, 0) is 39.0 Å². The molecule has 0 amide bonds. The summed E-state index contributed by atoms with van der Waals surface area (Å²) in [6.45, 7) is 8.70. The third-order valence-electron chi connectivity index (χ3n) is 3.02. The monoisotopic (exact) mass is 402 g/mol. The SMILES string of the molecule is CCCc1cc[c-](C)c1.CCCc1cc[c-](C)c1.[Cl-].[Cl-].[Zr+4]. The van der Waals surface area contributed by atoms with Crippen LogP contribution in [0.1, 0.15) is 48.9 Å². The van der Waals surface area contributed by atoms with Gasteiger partial charge in [0.05, 0.1) is 0 Å². The van der Waals surface area contributed by atoms with E-state index in [1.165, 1.54) is 47.9 Å². The van der Waals surface area contributed by atoms with E-state index in [-0.39, 0.29) is 51.0 Å². The molecule has 0 N–H and O–H groups in total. The summed E-state index contributed by atoms with van der Waals surface area (Å²) in [4.78, 5) is 0. The summed E-state index contributed by atoms with van der Waals surface area (Å²) in [7, 11) is 0. The van der Waals surface area contributed by atoms with E-state index in [1.807, 2.05) is 0 Å². The van der Waals surface area contributed by atoms with Crippen molar-refractivity contribution in [3.05, 3.63) is 58.7 Å². The van der Waals surface area contributed by atoms with Crippen molar-refractivity contribution < 1.29 is 51.0 Å². The topological polar surface area (TPSA) is 0 Å². The van der Waals surface area contributed by atoms with Crippen molar-refractivity contribution in [3.8, 4) is 0 Å². The molecule has 0 aliphatic carbocycles. The molecule has 3 heteroatoms. The van der Waals surface area contributed by atoms with E-state index in [2.05, 4.69) is 64.1 Å². The standard InChI is InChI=1S/2C9H13.2ClH.Zr/c2*1-3-4-9-6-5-8(2)7-9;;;/h2*5-7H,3-4H2,1-2H3;2*1H;/q2*-1;;;+4/p-2. The maximum atomic E-state index is 2.25. The third-order valence-corrected chi connectivity index (χ3v) is 3.02. The van der Waals surface area contributed by atoms with Crippen LogP contribution in [0.5, 0.6) is 0 Å². The normalized spacial score (nSPS) is 8.57. The fourth-order valence-electron chi connectivity index (χ4n) is 2.14. The van der Waals surface area contributed by atoms with Gasteiger partial charge in [0, 0.05) is 0 Å². The summed E-state index contributed by atoms with van der Waals surface area (Å²) < 4.78 is 0. The van der Waals surface area contributed by atoms with Gasteiger partial charge in [0.2, 0.25) is 0 Å². The number of hydrogen-bond donors (Lipinski definition) is 0. The molecule has 0 aliphatic heterocycles. The molecule has 0 bridgehead atoms. The minimum atomic E-state index is 0.